The minimum Gasteiger partial charge on any atom is -0.223 e. The summed E-state index contributed by atoms with van der Waals surface area (Å²) in [5.41, 5.74) is 2.01. The van der Waals surface area contributed by atoms with Gasteiger partial charge in [0.25, 0.3) is 0 Å². The van der Waals surface area contributed by atoms with E-state index in [0.717, 1.165) is 11.1 Å². The fourth-order valence-electron chi connectivity index (χ4n) is 1.92. The second-order valence-electron chi connectivity index (χ2n) is 4.09. The van der Waals surface area contributed by atoms with E-state index in [0.29, 0.717) is 10.8 Å². The molecule has 3 heteroatoms. The van der Waals surface area contributed by atoms with Gasteiger partial charge in [-0.3, -0.25) is 0 Å². The van der Waals surface area contributed by atoms with Crippen LogP contribution in [0.3, 0.4) is 0 Å². The van der Waals surface area contributed by atoms with Gasteiger partial charge in [-0.25, -0.2) is 8.42 Å². The zero-order valence-electron chi connectivity index (χ0n) is 8.90. The molecule has 80 valence electrons. The smallest absolute Gasteiger partial charge is 0.182 e. The highest BCUT2D eigenvalue weighted by atomic mass is 32.2. The van der Waals surface area contributed by atoms with Gasteiger partial charge in [0, 0.05) is 0 Å². The van der Waals surface area contributed by atoms with Crippen LogP contribution in [0.4, 0.5) is 0 Å². The number of fused-ring (bicyclic) bond motifs is 1. The molecule has 0 amide bonds. The lowest BCUT2D eigenvalue weighted by atomic mass is 9.95. The van der Waals surface area contributed by atoms with Crippen LogP contribution < -0.4 is 0 Å². The molecule has 0 saturated heterocycles. The van der Waals surface area contributed by atoms with Gasteiger partial charge in [0.2, 0.25) is 0 Å². The van der Waals surface area contributed by atoms with E-state index < -0.39 is 9.84 Å². The van der Waals surface area contributed by atoms with Gasteiger partial charge in [0.1, 0.15) is 0 Å². The highest BCUT2D eigenvalue weighted by Gasteiger charge is 2.24. The van der Waals surface area contributed by atoms with E-state index in [1.54, 1.807) is 12.1 Å². The van der Waals surface area contributed by atoms with Gasteiger partial charge in [-0.05, 0) is 23.1 Å². The summed E-state index contributed by atoms with van der Waals surface area (Å²) in [5, 5.41) is 0. The predicted octanol–water partition coefficient (Wildman–Crippen LogP) is 2.51. The van der Waals surface area contributed by atoms with Crippen LogP contribution in [0.25, 0.3) is 5.57 Å². The molecular weight excluding hydrogens is 208 g/mol. The Morgan fingerprint density at radius 2 is 1.87 bits per heavy atom. The van der Waals surface area contributed by atoms with Gasteiger partial charge in [-0.15, -0.1) is 0 Å². The van der Waals surface area contributed by atoms with Crippen molar-refractivity contribution in [1.29, 1.82) is 0 Å². The molecule has 0 aliphatic carbocycles. The zero-order chi connectivity index (χ0) is 11.1. The third-order valence-corrected chi connectivity index (χ3v) is 4.31. The molecule has 0 atom stereocenters. The first kappa shape index (κ1) is 10.4. The average Bonchev–Trinajstić information content (AvgIpc) is 2.17. The molecule has 0 bridgehead atoms. The monoisotopic (exact) mass is 222 g/mol. The van der Waals surface area contributed by atoms with Crippen LogP contribution in [-0.2, 0) is 9.84 Å². The van der Waals surface area contributed by atoms with Crippen LogP contribution in [0.15, 0.2) is 35.2 Å². The normalized spacial score (nSPS) is 18.5. The summed E-state index contributed by atoms with van der Waals surface area (Å²) in [6.07, 6.45) is 1.84. The van der Waals surface area contributed by atoms with E-state index in [4.69, 9.17) is 0 Å². The molecule has 0 fully saturated rings. The maximum Gasteiger partial charge on any atom is 0.182 e. The molecule has 1 aliphatic heterocycles. The Balaban J connectivity index is 2.68. The lowest BCUT2D eigenvalue weighted by Crippen LogP contribution is -2.14. The van der Waals surface area contributed by atoms with Crippen LogP contribution in [0.1, 0.15) is 19.4 Å². The standard InChI is InChI=1S/C12H14O2S/c1-9(2)10-7-8-15(13,14)12-6-4-3-5-11(10)12/h3-7,9H,8H2,1-2H3. The molecule has 0 aromatic heterocycles. The van der Waals surface area contributed by atoms with Gasteiger partial charge >= 0.3 is 0 Å². The van der Waals surface area contributed by atoms with E-state index in [1.807, 2.05) is 18.2 Å². The molecule has 2 rings (SSSR count). The van der Waals surface area contributed by atoms with Gasteiger partial charge < -0.3 is 0 Å². The first-order valence-corrected chi connectivity index (χ1v) is 6.70. The number of rotatable bonds is 1. The highest BCUT2D eigenvalue weighted by Crippen LogP contribution is 2.33. The van der Waals surface area contributed by atoms with Gasteiger partial charge in [0.15, 0.2) is 9.84 Å². The number of sulfone groups is 1. The maximum absolute atomic E-state index is 11.8. The van der Waals surface area contributed by atoms with E-state index in [9.17, 15) is 8.42 Å². The lowest BCUT2D eigenvalue weighted by molar-refractivity contribution is 0.597. The SMILES string of the molecule is CC(C)C1=CCS(=O)(=O)c2ccccc21. The summed E-state index contributed by atoms with van der Waals surface area (Å²) in [7, 11) is -3.08. The largest absolute Gasteiger partial charge is 0.223 e. The van der Waals surface area contributed by atoms with Gasteiger partial charge in [0.05, 0.1) is 10.6 Å². The van der Waals surface area contributed by atoms with Gasteiger partial charge in [-0.1, -0.05) is 38.1 Å². The minimum absolute atomic E-state index is 0.136. The molecular formula is C12H14O2S. The Bertz CT molecular complexity index is 510. The van der Waals surface area contributed by atoms with Crippen LogP contribution in [0.2, 0.25) is 0 Å². The van der Waals surface area contributed by atoms with Crippen LogP contribution >= 0.6 is 0 Å². The molecule has 1 heterocycles. The van der Waals surface area contributed by atoms with Gasteiger partial charge in [-0.2, -0.15) is 0 Å². The van der Waals surface area contributed by atoms with Crippen LogP contribution in [0, 0.1) is 5.92 Å². The quantitative estimate of drug-likeness (QED) is 0.731. The first-order chi connectivity index (χ1) is 7.02. The number of hydrogen-bond donors (Lipinski definition) is 0. The van der Waals surface area contributed by atoms with Crippen LogP contribution in [-0.4, -0.2) is 14.2 Å². The third-order valence-electron chi connectivity index (χ3n) is 2.68. The molecule has 1 aromatic rings. The summed E-state index contributed by atoms with van der Waals surface area (Å²) < 4.78 is 23.6. The van der Waals surface area contributed by atoms with E-state index >= 15 is 0 Å². The number of hydrogen-bond acceptors (Lipinski definition) is 2. The number of allylic oxidation sites excluding steroid dienone is 1. The zero-order valence-corrected chi connectivity index (χ0v) is 9.71. The van der Waals surface area contributed by atoms with Crippen molar-refractivity contribution in [2.75, 3.05) is 5.75 Å². The van der Waals surface area contributed by atoms with Crippen molar-refractivity contribution < 1.29 is 8.42 Å². The summed E-state index contributed by atoms with van der Waals surface area (Å²) >= 11 is 0. The topological polar surface area (TPSA) is 34.1 Å². The second-order valence-corrected chi connectivity index (χ2v) is 6.09. The summed E-state index contributed by atoms with van der Waals surface area (Å²) in [4.78, 5) is 0.483. The Kier molecular flexibility index (Phi) is 2.43. The van der Waals surface area contributed by atoms with Crippen molar-refractivity contribution >= 4 is 15.4 Å². The Hall–Kier alpha value is -1.09. The predicted molar refractivity (Wildman–Crippen MR) is 61.3 cm³/mol. The fourth-order valence-corrected chi connectivity index (χ4v) is 3.31. The molecule has 0 spiro atoms. The molecule has 15 heavy (non-hydrogen) atoms. The molecule has 0 N–H and O–H groups in total. The summed E-state index contributed by atoms with van der Waals surface area (Å²) in [6.45, 7) is 4.17. The van der Waals surface area contributed by atoms with Crippen molar-refractivity contribution in [2.24, 2.45) is 5.92 Å². The molecule has 1 aliphatic rings. The van der Waals surface area contributed by atoms with Crippen molar-refractivity contribution in [3.05, 3.63) is 35.9 Å². The molecule has 0 saturated carbocycles. The second kappa shape index (κ2) is 3.49. The first-order valence-electron chi connectivity index (χ1n) is 5.04. The third kappa shape index (κ3) is 1.72. The highest BCUT2D eigenvalue weighted by molar-refractivity contribution is 7.91. The average molecular weight is 222 g/mol. The Morgan fingerprint density at radius 1 is 1.20 bits per heavy atom. The minimum atomic E-state index is -3.08. The lowest BCUT2D eigenvalue weighted by Gasteiger charge is -2.20. The maximum atomic E-state index is 11.8. The molecule has 1 aromatic carbocycles. The van der Waals surface area contributed by atoms with E-state index in [2.05, 4.69) is 13.8 Å². The Morgan fingerprint density at radius 3 is 2.53 bits per heavy atom. The fraction of sp³-hybridized carbons (Fsp3) is 0.333. The van der Waals surface area contributed by atoms with Crippen molar-refractivity contribution in [1.82, 2.24) is 0 Å². The molecule has 2 nitrogen and oxygen atoms in total. The van der Waals surface area contributed by atoms with E-state index in [-0.39, 0.29) is 5.75 Å². The molecule has 0 radical (unpaired) electrons. The summed E-state index contributed by atoms with van der Waals surface area (Å²) in [5.74, 6) is 0.499. The van der Waals surface area contributed by atoms with Crippen molar-refractivity contribution in [3.8, 4) is 0 Å². The molecule has 0 unspecified atom stereocenters. The number of benzene rings is 1. The van der Waals surface area contributed by atoms with Crippen molar-refractivity contribution in [3.63, 3.8) is 0 Å². The van der Waals surface area contributed by atoms with Crippen molar-refractivity contribution in [2.45, 2.75) is 18.7 Å². The Labute approximate surface area is 90.6 Å². The van der Waals surface area contributed by atoms with E-state index in [1.165, 1.54) is 0 Å². The summed E-state index contributed by atoms with van der Waals surface area (Å²) in [6, 6.07) is 7.24. The van der Waals surface area contributed by atoms with Crippen LogP contribution in [0.5, 0.6) is 0 Å².